The molecule has 1 aliphatic heterocycles. The molecule has 0 aliphatic carbocycles. The topological polar surface area (TPSA) is 59.0 Å². The zero-order chi connectivity index (χ0) is 15.5. The highest BCUT2D eigenvalue weighted by Gasteiger charge is 2.28. The van der Waals surface area contributed by atoms with Crippen LogP contribution in [-0.4, -0.2) is 35.1 Å². The summed E-state index contributed by atoms with van der Waals surface area (Å²) in [5.41, 5.74) is 2.19. The van der Waals surface area contributed by atoms with Gasteiger partial charge < -0.3 is 15.2 Å². The lowest BCUT2D eigenvalue weighted by Crippen LogP contribution is -2.49. The van der Waals surface area contributed by atoms with E-state index >= 15 is 0 Å². The quantitative estimate of drug-likeness (QED) is 0.851. The summed E-state index contributed by atoms with van der Waals surface area (Å²) in [5, 5.41) is 6.27. The molecule has 0 bridgehead atoms. The van der Waals surface area contributed by atoms with E-state index in [4.69, 9.17) is 0 Å². The van der Waals surface area contributed by atoms with Gasteiger partial charge in [0.2, 0.25) is 5.91 Å². The second-order valence-corrected chi connectivity index (χ2v) is 6.01. The Balaban J connectivity index is 1.60. The number of carbonyl (C=O) groups excluding carboxylic acids is 1. The van der Waals surface area contributed by atoms with Crippen LogP contribution in [0, 0.1) is 11.8 Å². The number of hydrogen-bond acceptors (Lipinski definition) is 3. The van der Waals surface area contributed by atoms with Crippen LogP contribution in [0.3, 0.4) is 0 Å². The predicted molar refractivity (Wildman–Crippen MR) is 87.6 cm³/mol. The van der Waals surface area contributed by atoms with Gasteiger partial charge in [-0.2, -0.15) is 0 Å². The second-order valence-electron chi connectivity index (χ2n) is 6.01. The molecule has 1 amide bonds. The van der Waals surface area contributed by atoms with Crippen molar-refractivity contribution in [2.24, 2.45) is 11.8 Å². The van der Waals surface area contributed by atoms with Gasteiger partial charge in [0.25, 0.3) is 0 Å². The number of nitrogens with zero attached hydrogens (tertiary/aromatic N) is 2. The minimum absolute atomic E-state index is 0.0891. The molecular weight excluding hydrogens is 276 g/mol. The van der Waals surface area contributed by atoms with E-state index in [0.29, 0.717) is 12.5 Å². The summed E-state index contributed by atoms with van der Waals surface area (Å²) in [5.74, 6) is 1.78. The van der Waals surface area contributed by atoms with Crippen LogP contribution in [-0.2, 0) is 17.8 Å². The first-order chi connectivity index (χ1) is 10.7. The summed E-state index contributed by atoms with van der Waals surface area (Å²) in [6.45, 7) is 7.60. The Labute approximate surface area is 131 Å². The molecule has 118 valence electrons. The van der Waals surface area contributed by atoms with Crippen molar-refractivity contribution in [3.63, 3.8) is 0 Å². The molecule has 0 saturated carbocycles. The maximum Gasteiger partial charge on any atom is 0.223 e. The van der Waals surface area contributed by atoms with Crippen molar-refractivity contribution in [1.29, 1.82) is 0 Å². The van der Waals surface area contributed by atoms with E-state index in [-0.39, 0.29) is 11.8 Å². The van der Waals surface area contributed by atoms with E-state index in [1.807, 2.05) is 25.1 Å². The number of fused-ring (bicyclic) bond motifs is 1. The fourth-order valence-corrected chi connectivity index (χ4v) is 3.01. The van der Waals surface area contributed by atoms with Gasteiger partial charge in [0.15, 0.2) is 0 Å². The normalized spacial score (nSPS) is 16.5. The molecule has 1 atom stereocenters. The van der Waals surface area contributed by atoms with E-state index in [1.165, 1.54) is 5.52 Å². The zero-order valence-corrected chi connectivity index (χ0v) is 13.3. The lowest BCUT2D eigenvalue weighted by molar-refractivity contribution is -0.126. The number of aryl methyl sites for hydroxylation is 1. The number of imidazole rings is 1. The van der Waals surface area contributed by atoms with E-state index < -0.39 is 0 Å². The largest absolute Gasteiger partial charge is 0.355 e. The number of para-hydroxylation sites is 2. The Morgan fingerprint density at radius 1 is 1.45 bits per heavy atom. The number of amides is 1. The number of hydrogen-bond donors (Lipinski definition) is 2. The Kier molecular flexibility index (Phi) is 4.43. The van der Waals surface area contributed by atoms with Gasteiger partial charge in [-0.15, -0.1) is 0 Å². The molecule has 1 aromatic carbocycles. The van der Waals surface area contributed by atoms with Crippen molar-refractivity contribution in [1.82, 2.24) is 20.2 Å². The van der Waals surface area contributed by atoms with Crippen LogP contribution in [0.4, 0.5) is 0 Å². The Bertz CT molecular complexity index is 660. The van der Waals surface area contributed by atoms with Gasteiger partial charge >= 0.3 is 0 Å². The molecule has 2 heterocycles. The van der Waals surface area contributed by atoms with Crippen molar-refractivity contribution in [3.05, 3.63) is 30.1 Å². The molecule has 1 saturated heterocycles. The van der Waals surface area contributed by atoms with Crippen molar-refractivity contribution in [3.8, 4) is 0 Å². The van der Waals surface area contributed by atoms with Crippen LogP contribution < -0.4 is 10.6 Å². The third-order valence-corrected chi connectivity index (χ3v) is 4.63. The summed E-state index contributed by atoms with van der Waals surface area (Å²) in [7, 11) is 0. The van der Waals surface area contributed by atoms with Gasteiger partial charge in [-0.3, -0.25) is 4.79 Å². The minimum Gasteiger partial charge on any atom is -0.355 e. The number of aromatic nitrogens is 2. The van der Waals surface area contributed by atoms with Gasteiger partial charge in [-0.25, -0.2) is 4.98 Å². The molecule has 0 radical (unpaired) electrons. The maximum atomic E-state index is 12.1. The summed E-state index contributed by atoms with van der Waals surface area (Å²) in [6, 6.07) is 8.18. The Hall–Kier alpha value is -1.88. The van der Waals surface area contributed by atoms with Gasteiger partial charge in [0.05, 0.1) is 11.0 Å². The molecule has 5 heteroatoms. The molecule has 1 aliphatic rings. The van der Waals surface area contributed by atoms with Crippen LogP contribution in [0.1, 0.15) is 19.7 Å². The number of benzene rings is 1. The fourth-order valence-electron chi connectivity index (χ4n) is 3.01. The summed E-state index contributed by atoms with van der Waals surface area (Å²) in [6.07, 6.45) is 0.768. The molecule has 22 heavy (non-hydrogen) atoms. The molecule has 1 unspecified atom stereocenters. The van der Waals surface area contributed by atoms with E-state index in [2.05, 4.69) is 33.2 Å². The molecule has 3 rings (SSSR count). The van der Waals surface area contributed by atoms with E-state index in [1.54, 1.807) is 0 Å². The molecule has 1 aromatic heterocycles. The highest BCUT2D eigenvalue weighted by Crippen LogP contribution is 2.17. The van der Waals surface area contributed by atoms with Crippen LogP contribution in [0.25, 0.3) is 11.0 Å². The maximum absolute atomic E-state index is 12.1. The highest BCUT2D eigenvalue weighted by atomic mass is 16.1. The molecular formula is C17H24N4O. The number of carbonyl (C=O) groups is 1. The summed E-state index contributed by atoms with van der Waals surface area (Å²) < 4.78 is 2.22. The number of rotatable bonds is 6. The first kappa shape index (κ1) is 15.0. The SMILES string of the molecule is CCn1c(CCNC(=O)C(C)C2CNC2)nc2ccccc21. The van der Waals surface area contributed by atoms with Gasteiger partial charge in [-0.05, 0) is 38.1 Å². The van der Waals surface area contributed by atoms with Crippen molar-refractivity contribution in [2.45, 2.75) is 26.8 Å². The van der Waals surface area contributed by atoms with Crippen molar-refractivity contribution in [2.75, 3.05) is 19.6 Å². The van der Waals surface area contributed by atoms with Gasteiger partial charge in [0, 0.05) is 25.4 Å². The lowest BCUT2D eigenvalue weighted by atomic mass is 9.88. The van der Waals surface area contributed by atoms with Crippen LogP contribution in [0.15, 0.2) is 24.3 Å². The third-order valence-electron chi connectivity index (χ3n) is 4.63. The van der Waals surface area contributed by atoms with Crippen LogP contribution in [0.5, 0.6) is 0 Å². The molecule has 5 nitrogen and oxygen atoms in total. The third kappa shape index (κ3) is 2.86. The predicted octanol–water partition coefficient (Wildman–Crippen LogP) is 1.57. The Morgan fingerprint density at radius 2 is 2.23 bits per heavy atom. The van der Waals surface area contributed by atoms with Crippen LogP contribution in [0.2, 0.25) is 0 Å². The van der Waals surface area contributed by atoms with E-state index in [9.17, 15) is 4.79 Å². The minimum atomic E-state index is 0.0891. The molecule has 2 aromatic rings. The highest BCUT2D eigenvalue weighted by molar-refractivity contribution is 5.79. The Morgan fingerprint density at radius 3 is 2.91 bits per heavy atom. The fraction of sp³-hybridized carbons (Fsp3) is 0.529. The summed E-state index contributed by atoms with van der Waals surface area (Å²) in [4.78, 5) is 16.8. The summed E-state index contributed by atoms with van der Waals surface area (Å²) >= 11 is 0. The van der Waals surface area contributed by atoms with Gasteiger partial charge in [-0.1, -0.05) is 19.1 Å². The zero-order valence-electron chi connectivity index (χ0n) is 13.3. The smallest absolute Gasteiger partial charge is 0.223 e. The number of nitrogens with one attached hydrogen (secondary N) is 2. The monoisotopic (exact) mass is 300 g/mol. The first-order valence-electron chi connectivity index (χ1n) is 8.13. The average Bonchev–Trinajstić information content (AvgIpc) is 2.82. The second kappa shape index (κ2) is 6.48. The first-order valence-corrected chi connectivity index (χ1v) is 8.13. The molecule has 0 spiro atoms. The lowest BCUT2D eigenvalue weighted by Gasteiger charge is -2.31. The average molecular weight is 300 g/mol. The van der Waals surface area contributed by atoms with Crippen LogP contribution >= 0.6 is 0 Å². The van der Waals surface area contributed by atoms with E-state index in [0.717, 1.165) is 37.4 Å². The molecule has 2 N–H and O–H groups in total. The molecule has 1 fully saturated rings. The van der Waals surface area contributed by atoms with Crippen molar-refractivity contribution >= 4 is 16.9 Å². The van der Waals surface area contributed by atoms with Gasteiger partial charge in [0.1, 0.15) is 5.82 Å². The van der Waals surface area contributed by atoms with Crippen molar-refractivity contribution < 1.29 is 4.79 Å². The standard InChI is InChI=1S/C17H24N4O/c1-3-21-15-7-5-4-6-14(15)20-16(21)8-9-19-17(22)12(2)13-10-18-11-13/h4-7,12-13,18H,3,8-11H2,1-2H3,(H,19,22).